The van der Waals surface area contributed by atoms with Gasteiger partial charge < -0.3 is 0 Å². The van der Waals surface area contributed by atoms with Gasteiger partial charge in [-0.3, -0.25) is 0 Å². The van der Waals surface area contributed by atoms with Crippen LogP contribution >= 0.6 is 0 Å². The van der Waals surface area contributed by atoms with Crippen LogP contribution in [0.5, 0.6) is 0 Å². The molecule has 0 spiro atoms. The Balaban J connectivity index is 2.12. The van der Waals surface area contributed by atoms with Gasteiger partial charge in [-0.1, -0.05) is 43.2 Å². The van der Waals surface area contributed by atoms with Gasteiger partial charge in [0, 0.05) is 16.7 Å². The monoisotopic (exact) mass is 244 g/mol. The van der Waals surface area contributed by atoms with Crippen LogP contribution in [0.25, 0.3) is 0 Å². The molecule has 19 heavy (non-hydrogen) atoms. The Morgan fingerprint density at radius 1 is 0.789 bits per heavy atom. The van der Waals surface area contributed by atoms with E-state index in [4.69, 9.17) is 6.42 Å². The maximum atomic E-state index is 5.32. The van der Waals surface area contributed by atoms with Crippen LogP contribution in [0.15, 0.2) is 48.5 Å². The topological polar surface area (TPSA) is 0 Å². The second kappa shape index (κ2) is 6.48. The molecule has 0 aromatic heterocycles. The van der Waals surface area contributed by atoms with Gasteiger partial charge in [-0.2, -0.15) is 0 Å². The number of benzene rings is 2. The third kappa shape index (κ3) is 3.77. The minimum absolute atomic E-state index is 0.884. The van der Waals surface area contributed by atoms with Crippen molar-refractivity contribution in [1.82, 2.24) is 0 Å². The van der Waals surface area contributed by atoms with E-state index >= 15 is 0 Å². The van der Waals surface area contributed by atoms with Crippen molar-refractivity contribution >= 4 is 0 Å². The molecule has 0 aliphatic rings. The molecule has 0 fully saturated rings. The molecule has 0 saturated carbocycles. The lowest BCUT2D eigenvalue weighted by Crippen LogP contribution is -1.83. The highest BCUT2D eigenvalue weighted by Crippen LogP contribution is 2.06. The fourth-order valence-electron chi connectivity index (χ4n) is 1.84. The maximum Gasteiger partial charge on any atom is 0.0249 e. The molecule has 0 unspecified atom stereocenters. The van der Waals surface area contributed by atoms with E-state index in [-0.39, 0.29) is 0 Å². The molecule has 0 N–H and O–H groups in total. The molecule has 0 heterocycles. The van der Waals surface area contributed by atoms with Crippen molar-refractivity contribution < 1.29 is 0 Å². The summed E-state index contributed by atoms with van der Waals surface area (Å²) in [7, 11) is 0. The van der Waals surface area contributed by atoms with E-state index in [9.17, 15) is 0 Å². The third-order valence-corrected chi connectivity index (χ3v) is 2.90. The van der Waals surface area contributed by atoms with Gasteiger partial charge in [-0.15, -0.1) is 6.42 Å². The summed E-state index contributed by atoms with van der Waals surface area (Å²) >= 11 is 0. The molecule has 0 aliphatic heterocycles. The molecule has 0 nitrogen and oxygen atoms in total. The van der Waals surface area contributed by atoms with Crippen LogP contribution in [0.3, 0.4) is 0 Å². The third-order valence-electron chi connectivity index (χ3n) is 2.90. The number of terminal acetylenes is 1. The predicted octanol–water partition coefficient (Wildman–Crippen LogP) is 4.02. The van der Waals surface area contributed by atoms with E-state index in [1.54, 1.807) is 0 Å². The molecule has 0 bridgehead atoms. The Morgan fingerprint density at radius 2 is 1.26 bits per heavy atom. The zero-order valence-corrected chi connectivity index (χ0v) is 11.1. The lowest BCUT2D eigenvalue weighted by atomic mass is 10.1. The first-order valence-corrected chi connectivity index (χ1v) is 6.49. The lowest BCUT2D eigenvalue weighted by molar-refractivity contribution is 0.922. The van der Waals surface area contributed by atoms with Crippen LogP contribution in [0.4, 0.5) is 0 Å². The van der Waals surface area contributed by atoms with Crippen molar-refractivity contribution in [2.24, 2.45) is 0 Å². The summed E-state index contributed by atoms with van der Waals surface area (Å²) in [6, 6.07) is 16.2. The van der Waals surface area contributed by atoms with E-state index in [2.05, 4.69) is 49.0 Å². The van der Waals surface area contributed by atoms with E-state index in [0.29, 0.717) is 0 Å². The Bertz CT molecular complexity index is 626. The standard InChI is InChI=1S/C19H16/c1-3-5-17-10-12-19(13-11-17)15-14-18-8-6-16(4-2)7-9-18/h2,6-13H,3,5H2,1H3. The summed E-state index contributed by atoms with van der Waals surface area (Å²) in [5, 5.41) is 0. The van der Waals surface area contributed by atoms with Gasteiger partial charge in [0.25, 0.3) is 0 Å². The smallest absolute Gasteiger partial charge is 0.0249 e. The van der Waals surface area contributed by atoms with E-state index in [1.165, 1.54) is 12.0 Å². The summed E-state index contributed by atoms with van der Waals surface area (Å²) in [4.78, 5) is 0. The Labute approximate surface area is 115 Å². The summed E-state index contributed by atoms with van der Waals surface area (Å²) in [5.74, 6) is 8.91. The van der Waals surface area contributed by atoms with Crippen LogP contribution < -0.4 is 0 Å². The number of aryl methyl sites for hydroxylation is 1. The van der Waals surface area contributed by atoms with Gasteiger partial charge in [0.15, 0.2) is 0 Å². The zero-order valence-electron chi connectivity index (χ0n) is 11.1. The van der Waals surface area contributed by atoms with Crippen LogP contribution in [-0.2, 0) is 6.42 Å². The minimum atomic E-state index is 0.884. The molecule has 92 valence electrons. The fourth-order valence-corrected chi connectivity index (χ4v) is 1.84. The fraction of sp³-hybridized carbons (Fsp3) is 0.158. The SMILES string of the molecule is C#Cc1ccc(C#Cc2ccc(CCC)cc2)cc1. The molecule has 2 aromatic rings. The van der Waals surface area contributed by atoms with Crippen molar-refractivity contribution in [2.75, 3.05) is 0 Å². The Kier molecular flexibility index (Phi) is 4.44. The summed E-state index contributed by atoms with van der Waals surface area (Å²) in [5.41, 5.74) is 4.28. The van der Waals surface area contributed by atoms with E-state index in [0.717, 1.165) is 23.1 Å². The molecule has 0 amide bonds. The van der Waals surface area contributed by atoms with E-state index in [1.807, 2.05) is 24.3 Å². The van der Waals surface area contributed by atoms with Crippen molar-refractivity contribution in [3.63, 3.8) is 0 Å². The van der Waals surface area contributed by atoms with E-state index < -0.39 is 0 Å². The molecular weight excluding hydrogens is 228 g/mol. The molecule has 2 aromatic carbocycles. The summed E-state index contributed by atoms with van der Waals surface area (Å²) < 4.78 is 0. The molecule has 0 atom stereocenters. The van der Waals surface area contributed by atoms with Crippen molar-refractivity contribution in [3.05, 3.63) is 70.8 Å². The molecule has 2 rings (SSSR count). The largest absolute Gasteiger partial charge is 0.115 e. The lowest BCUT2D eigenvalue weighted by Gasteiger charge is -1.97. The van der Waals surface area contributed by atoms with Crippen molar-refractivity contribution in [3.8, 4) is 24.2 Å². The van der Waals surface area contributed by atoms with Crippen LogP contribution in [0.1, 0.15) is 35.6 Å². The van der Waals surface area contributed by atoms with Gasteiger partial charge in [0.1, 0.15) is 0 Å². The highest BCUT2D eigenvalue weighted by Gasteiger charge is 1.91. The Morgan fingerprint density at radius 3 is 1.74 bits per heavy atom. The second-order valence-electron chi connectivity index (χ2n) is 4.42. The van der Waals surface area contributed by atoms with Crippen molar-refractivity contribution in [2.45, 2.75) is 19.8 Å². The normalized spacial score (nSPS) is 9.26. The molecule has 0 radical (unpaired) electrons. The molecule has 0 heteroatoms. The highest BCUT2D eigenvalue weighted by atomic mass is 14.0. The highest BCUT2D eigenvalue weighted by molar-refractivity contribution is 5.45. The average Bonchev–Trinajstić information content (AvgIpc) is 2.47. The first-order valence-electron chi connectivity index (χ1n) is 6.49. The van der Waals surface area contributed by atoms with Gasteiger partial charge >= 0.3 is 0 Å². The van der Waals surface area contributed by atoms with Gasteiger partial charge in [0.05, 0.1) is 0 Å². The first kappa shape index (κ1) is 13.0. The molecule has 0 aliphatic carbocycles. The van der Waals surface area contributed by atoms with Crippen LogP contribution in [-0.4, -0.2) is 0 Å². The average molecular weight is 244 g/mol. The quantitative estimate of drug-likeness (QED) is 0.700. The van der Waals surface area contributed by atoms with Gasteiger partial charge in [-0.05, 0) is 48.4 Å². The van der Waals surface area contributed by atoms with Gasteiger partial charge in [-0.25, -0.2) is 0 Å². The molecular formula is C19H16. The van der Waals surface area contributed by atoms with Gasteiger partial charge in [0.2, 0.25) is 0 Å². The number of rotatable bonds is 2. The maximum absolute atomic E-state index is 5.32. The number of hydrogen-bond donors (Lipinski definition) is 0. The van der Waals surface area contributed by atoms with Crippen molar-refractivity contribution in [1.29, 1.82) is 0 Å². The second-order valence-corrected chi connectivity index (χ2v) is 4.42. The first-order chi connectivity index (χ1) is 9.31. The summed E-state index contributed by atoms with van der Waals surface area (Å²) in [6.07, 6.45) is 7.62. The predicted molar refractivity (Wildman–Crippen MR) is 80.8 cm³/mol. The molecule has 0 saturated heterocycles. The van der Waals surface area contributed by atoms with Crippen LogP contribution in [0, 0.1) is 24.2 Å². The Hall–Kier alpha value is -2.44. The number of hydrogen-bond acceptors (Lipinski definition) is 0. The zero-order chi connectivity index (χ0) is 13.5. The van der Waals surface area contributed by atoms with Crippen LogP contribution in [0.2, 0.25) is 0 Å². The minimum Gasteiger partial charge on any atom is -0.115 e. The summed E-state index contributed by atoms with van der Waals surface area (Å²) in [6.45, 7) is 2.19.